The van der Waals surface area contributed by atoms with E-state index in [0.29, 0.717) is 18.1 Å². The first kappa shape index (κ1) is 16.2. The van der Waals surface area contributed by atoms with Crippen molar-refractivity contribution >= 4 is 17.8 Å². The van der Waals surface area contributed by atoms with Gasteiger partial charge in [-0.1, -0.05) is 45.0 Å². The van der Waals surface area contributed by atoms with Gasteiger partial charge in [0.25, 0.3) is 0 Å². The summed E-state index contributed by atoms with van der Waals surface area (Å²) in [6, 6.07) is 15.0. The molecule has 2 aromatic carbocycles. The van der Waals surface area contributed by atoms with Crippen LogP contribution in [0.25, 0.3) is 0 Å². The molecule has 0 saturated heterocycles. The van der Waals surface area contributed by atoms with Crippen LogP contribution < -0.4 is 0 Å². The largest absolute Gasteiger partial charge is 0.507 e. The standard InChI is InChI=1S/C20H22N2O2/c1-20(2,3)18-13-24-19(22-18)15-9-5-6-10-16(15)21-12-14-8-4-7-11-17(14)23/h4-12,18,23H,13H2,1-3H3/t18-/m1/s1. The molecule has 2 aromatic rings. The molecule has 0 fully saturated rings. The van der Waals surface area contributed by atoms with Crippen LogP contribution in [0.15, 0.2) is 58.5 Å². The van der Waals surface area contributed by atoms with Crippen molar-refractivity contribution in [3.8, 4) is 5.75 Å². The Hall–Kier alpha value is -2.62. The number of aliphatic imine (C=N–C) groups is 2. The molecule has 0 amide bonds. The molecule has 1 atom stereocenters. The SMILES string of the molecule is CC(C)(C)[C@H]1COC(c2ccccc2N=Cc2ccccc2O)=N1. The minimum atomic E-state index is 0.0653. The van der Waals surface area contributed by atoms with E-state index in [4.69, 9.17) is 9.73 Å². The highest BCUT2D eigenvalue weighted by Gasteiger charge is 2.31. The van der Waals surface area contributed by atoms with Gasteiger partial charge in [0.05, 0.1) is 17.3 Å². The molecule has 24 heavy (non-hydrogen) atoms. The average molecular weight is 322 g/mol. The number of nitrogens with zero attached hydrogens (tertiary/aromatic N) is 2. The maximum atomic E-state index is 9.85. The summed E-state index contributed by atoms with van der Waals surface area (Å²) in [6.07, 6.45) is 1.66. The summed E-state index contributed by atoms with van der Waals surface area (Å²) in [5, 5.41) is 9.85. The van der Waals surface area contributed by atoms with Crippen LogP contribution in [0.2, 0.25) is 0 Å². The third-order valence-corrected chi connectivity index (χ3v) is 4.06. The third-order valence-electron chi connectivity index (χ3n) is 4.06. The summed E-state index contributed by atoms with van der Waals surface area (Å²) in [4.78, 5) is 9.26. The smallest absolute Gasteiger partial charge is 0.218 e. The van der Waals surface area contributed by atoms with Gasteiger partial charge in [-0.25, -0.2) is 4.99 Å². The van der Waals surface area contributed by atoms with Gasteiger partial charge in [0.1, 0.15) is 12.4 Å². The molecule has 0 radical (unpaired) electrons. The van der Waals surface area contributed by atoms with Gasteiger partial charge in [-0.2, -0.15) is 0 Å². The van der Waals surface area contributed by atoms with Gasteiger partial charge in [0, 0.05) is 11.8 Å². The maximum Gasteiger partial charge on any atom is 0.218 e. The Labute approximate surface area is 142 Å². The molecule has 0 aromatic heterocycles. The molecule has 1 N–H and O–H groups in total. The van der Waals surface area contributed by atoms with Crippen LogP contribution in [-0.2, 0) is 4.74 Å². The summed E-state index contributed by atoms with van der Waals surface area (Å²) < 4.78 is 5.82. The number of hydrogen-bond donors (Lipinski definition) is 1. The Balaban J connectivity index is 1.91. The van der Waals surface area contributed by atoms with E-state index in [1.54, 1.807) is 18.3 Å². The van der Waals surface area contributed by atoms with E-state index < -0.39 is 0 Å². The van der Waals surface area contributed by atoms with E-state index in [-0.39, 0.29) is 17.2 Å². The number of ether oxygens (including phenoxy) is 1. The van der Waals surface area contributed by atoms with E-state index in [9.17, 15) is 5.11 Å². The molecule has 0 aliphatic carbocycles. The molecule has 0 spiro atoms. The topological polar surface area (TPSA) is 54.2 Å². The van der Waals surface area contributed by atoms with Crippen molar-refractivity contribution in [3.05, 3.63) is 59.7 Å². The van der Waals surface area contributed by atoms with E-state index in [0.717, 1.165) is 11.3 Å². The lowest BCUT2D eigenvalue weighted by Crippen LogP contribution is -2.25. The van der Waals surface area contributed by atoms with Gasteiger partial charge < -0.3 is 9.84 Å². The number of para-hydroxylation sites is 2. The van der Waals surface area contributed by atoms with Crippen LogP contribution in [0.5, 0.6) is 5.75 Å². The number of aromatic hydroxyl groups is 1. The Bertz CT molecular complexity index is 788. The lowest BCUT2D eigenvalue weighted by Gasteiger charge is -2.21. The molecule has 4 nitrogen and oxygen atoms in total. The monoisotopic (exact) mass is 322 g/mol. The van der Waals surface area contributed by atoms with Gasteiger partial charge >= 0.3 is 0 Å². The van der Waals surface area contributed by atoms with E-state index in [1.165, 1.54) is 0 Å². The maximum absolute atomic E-state index is 9.85. The Kier molecular flexibility index (Phi) is 4.38. The van der Waals surface area contributed by atoms with E-state index in [1.807, 2.05) is 36.4 Å². The highest BCUT2D eigenvalue weighted by atomic mass is 16.5. The van der Waals surface area contributed by atoms with Gasteiger partial charge in [-0.15, -0.1) is 0 Å². The van der Waals surface area contributed by atoms with Crippen molar-refractivity contribution < 1.29 is 9.84 Å². The van der Waals surface area contributed by atoms with Crippen LogP contribution >= 0.6 is 0 Å². The van der Waals surface area contributed by atoms with Gasteiger partial charge in [-0.05, 0) is 29.7 Å². The first-order valence-corrected chi connectivity index (χ1v) is 8.07. The molecule has 0 saturated carbocycles. The second-order valence-electron chi connectivity index (χ2n) is 6.96. The van der Waals surface area contributed by atoms with Crippen molar-refractivity contribution in [2.45, 2.75) is 26.8 Å². The van der Waals surface area contributed by atoms with Gasteiger partial charge in [0.2, 0.25) is 5.90 Å². The van der Waals surface area contributed by atoms with E-state index >= 15 is 0 Å². The highest BCUT2D eigenvalue weighted by Crippen LogP contribution is 2.30. The summed E-state index contributed by atoms with van der Waals surface area (Å²) in [7, 11) is 0. The fourth-order valence-corrected chi connectivity index (χ4v) is 2.47. The fraction of sp³-hybridized carbons (Fsp3) is 0.300. The zero-order valence-electron chi connectivity index (χ0n) is 14.2. The number of hydrogen-bond acceptors (Lipinski definition) is 4. The molecular weight excluding hydrogens is 300 g/mol. The molecule has 1 heterocycles. The first-order chi connectivity index (χ1) is 11.4. The minimum Gasteiger partial charge on any atom is -0.507 e. The number of benzene rings is 2. The lowest BCUT2D eigenvalue weighted by atomic mass is 9.88. The van der Waals surface area contributed by atoms with Crippen LogP contribution in [0, 0.1) is 5.41 Å². The fourth-order valence-electron chi connectivity index (χ4n) is 2.47. The molecule has 4 heteroatoms. The summed E-state index contributed by atoms with van der Waals surface area (Å²) in [5.74, 6) is 0.848. The second-order valence-corrected chi connectivity index (χ2v) is 6.96. The van der Waals surface area contributed by atoms with Crippen LogP contribution in [0.3, 0.4) is 0 Å². The van der Waals surface area contributed by atoms with Gasteiger partial charge in [0.15, 0.2) is 0 Å². The first-order valence-electron chi connectivity index (χ1n) is 8.07. The molecule has 1 aliphatic rings. The predicted octanol–water partition coefficient (Wildman–Crippen LogP) is 4.33. The van der Waals surface area contributed by atoms with Crippen molar-refractivity contribution in [1.82, 2.24) is 0 Å². The van der Waals surface area contributed by atoms with Gasteiger partial charge in [-0.3, -0.25) is 4.99 Å². The van der Waals surface area contributed by atoms with Crippen LogP contribution in [-0.4, -0.2) is 29.9 Å². The quantitative estimate of drug-likeness (QED) is 0.855. The lowest BCUT2D eigenvalue weighted by molar-refractivity contribution is 0.236. The summed E-state index contributed by atoms with van der Waals surface area (Å²) in [5.41, 5.74) is 2.38. The molecule has 3 rings (SSSR count). The van der Waals surface area contributed by atoms with Crippen LogP contribution in [0.4, 0.5) is 5.69 Å². The van der Waals surface area contributed by atoms with Crippen LogP contribution in [0.1, 0.15) is 31.9 Å². The second kappa shape index (κ2) is 6.48. The number of rotatable bonds is 3. The number of phenols is 1. The highest BCUT2D eigenvalue weighted by molar-refractivity contribution is 6.00. The predicted molar refractivity (Wildman–Crippen MR) is 97.5 cm³/mol. The third kappa shape index (κ3) is 3.48. The zero-order chi connectivity index (χ0) is 17.2. The Morgan fingerprint density at radius 2 is 1.83 bits per heavy atom. The number of phenolic OH excluding ortho intramolecular Hbond substituents is 1. The Morgan fingerprint density at radius 1 is 1.12 bits per heavy atom. The van der Waals surface area contributed by atoms with E-state index in [2.05, 4.69) is 25.8 Å². The molecule has 1 aliphatic heterocycles. The van der Waals surface area contributed by atoms with Crippen molar-refractivity contribution in [2.24, 2.45) is 15.4 Å². The van der Waals surface area contributed by atoms with Crippen molar-refractivity contribution in [2.75, 3.05) is 6.61 Å². The van der Waals surface area contributed by atoms with Crippen molar-refractivity contribution in [1.29, 1.82) is 0 Å². The summed E-state index contributed by atoms with van der Waals surface area (Å²) >= 11 is 0. The average Bonchev–Trinajstić information content (AvgIpc) is 3.04. The zero-order valence-corrected chi connectivity index (χ0v) is 14.2. The normalized spacial score (nSPS) is 17.8. The summed E-state index contributed by atoms with van der Waals surface area (Å²) in [6.45, 7) is 7.08. The molecule has 124 valence electrons. The Morgan fingerprint density at radius 3 is 2.54 bits per heavy atom. The molecular formula is C20H22N2O2. The van der Waals surface area contributed by atoms with Crippen molar-refractivity contribution in [3.63, 3.8) is 0 Å². The molecule has 0 bridgehead atoms. The minimum absolute atomic E-state index is 0.0653. The molecule has 0 unspecified atom stereocenters.